The number of aryl methyl sites for hydroxylation is 2. The molecule has 3 heteroatoms. The topological polar surface area (TPSA) is 34.9 Å². The Bertz CT molecular complexity index is 380. The van der Waals surface area contributed by atoms with Crippen molar-refractivity contribution in [2.75, 3.05) is 0 Å². The van der Waals surface area contributed by atoms with Gasteiger partial charge in [-0.25, -0.2) is 0 Å². The smallest absolute Gasteiger partial charge is 0.163 e. The van der Waals surface area contributed by atoms with Gasteiger partial charge in [-0.15, -0.1) is 0 Å². The van der Waals surface area contributed by atoms with Crippen molar-refractivity contribution >= 4 is 5.78 Å². The quantitative estimate of drug-likeness (QED) is 0.535. The van der Waals surface area contributed by atoms with E-state index in [-0.39, 0.29) is 5.78 Å². The average molecular weight is 236 g/mol. The van der Waals surface area contributed by atoms with Crippen LogP contribution in [0.3, 0.4) is 0 Å². The molecular formula is C14H24N2O. The Hall–Kier alpha value is -1.12. The van der Waals surface area contributed by atoms with Gasteiger partial charge in [0.05, 0.1) is 11.3 Å². The van der Waals surface area contributed by atoms with Gasteiger partial charge in [0, 0.05) is 12.2 Å². The van der Waals surface area contributed by atoms with Crippen molar-refractivity contribution in [1.29, 1.82) is 0 Å². The van der Waals surface area contributed by atoms with Crippen molar-refractivity contribution in [3.8, 4) is 0 Å². The lowest BCUT2D eigenvalue weighted by atomic mass is 10.1. The molecule has 0 spiro atoms. The molecule has 1 rings (SSSR count). The highest BCUT2D eigenvalue weighted by Gasteiger charge is 2.14. The summed E-state index contributed by atoms with van der Waals surface area (Å²) in [5, 5.41) is 4.45. The van der Waals surface area contributed by atoms with Crippen molar-refractivity contribution in [3.05, 3.63) is 17.0 Å². The Labute approximate surface area is 104 Å². The molecule has 0 fully saturated rings. The maximum Gasteiger partial charge on any atom is 0.163 e. The molecule has 0 saturated heterocycles. The first-order valence-corrected chi connectivity index (χ1v) is 6.62. The number of carbonyl (C=O) groups is 1. The number of carbonyl (C=O) groups excluding carboxylic acids is 1. The van der Waals surface area contributed by atoms with Gasteiger partial charge in [-0.2, -0.15) is 5.10 Å². The third kappa shape index (κ3) is 3.69. The van der Waals surface area contributed by atoms with E-state index in [1.54, 1.807) is 6.92 Å². The fraction of sp³-hybridized carbons (Fsp3) is 0.714. The molecular weight excluding hydrogens is 212 g/mol. The van der Waals surface area contributed by atoms with Crippen LogP contribution in [0.2, 0.25) is 0 Å². The molecule has 0 aliphatic rings. The first-order chi connectivity index (χ1) is 8.07. The van der Waals surface area contributed by atoms with Crippen LogP contribution in [-0.2, 0) is 6.54 Å². The number of nitrogens with zero attached hydrogens (tertiary/aromatic N) is 2. The second-order valence-corrected chi connectivity index (χ2v) is 4.74. The molecule has 0 aliphatic heterocycles. The van der Waals surface area contributed by atoms with Crippen LogP contribution in [0.25, 0.3) is 0 Å². The highest BCUT2D eigenvalue weighted by atomic mass is 16.1. The molecule has 3 nitrogen and oxygen atoms in total. The number of Topliss-reactive ketones (excluding diaryl/α,β-unsaturated/α-hetero) is 1. The second kappa shape index (κ2) is 6.58. The van der Waals surface area contributed by atoms with E-state index in [9.17, 15) is 4.79 Å². The van der Waals surface area contributed by atoms with E-state index in [1.807, 2.05) is 18.5 Å². The highest BCUT2D eigenvalue weighted by Crippen LogP contribution is 2.14. The van der Waals surface area contributed by atoms with Gasteiger partial charge in [0.25, 0.3) is 0 Å². The van der Waals surface area contributed by atoms with Crippen LogP contribution in [0.4, 0.5) is 0 Å². The fourth-order valence-corrected chi connectivity index (χ4v) is 2.29. The van der Waals surface area contributed by atoms with E-state index in [2.05, 4.69) is 12.0 Å². The van der Waals surface area contributed by atoms with Gasteiger partial charge >= 0.3 is 0 Å². The molecule has 1 heterocycles. The summed E-state index contributed by atoms with van der Waals surface area (Å²) >= 11 is 0. The van der Waals surface area contributed by atoms with Gasteiger partial charge in [0.15, 0.2) is 5.78 Å². The maximum absolute atomic E-state index is 11.5. The zero-order valence-electron chi connectivity index (χ0n) is 11.5. The first kappa shape index (κ1) is 13.9. The standard InChI is InChI=1S/C14H24N2O/c1-5-6-7-8-9-10-16-12(3)14(13(4)17)11(2)15-16/h5-10H2,1-4H3. The number of hydrogen-bond acceptors (Lipinski definition) is 2. The minimum absolute atomic E-state index is 0.122. The summed E-state index contributed by atoms with van der Waals surface area (Å²) in [5.41, 5.74) is 2.69. The molecule has 0 bridgehead atoms. The molecule has 0 atom stereocenters. The lowest BCUT2D eigenvalue weighted by Gasteiger charge is -2.04. The van der Waals surface area contributed by atoms with Crippen molar-refractivity contribution in [3.63, 3.8) is 0 Å². The van der Waals surface area contributed by atoms with Gasteiger partial charge in [-0.1, -0.05) is 32.6 Å². The first-order valence-electron chi connectivity index (χ1n) is 6.62. The van der Waals surface area contributed by atoms with Crippen LogP contribution in [0.15, 0.2) is 0 Å². The second-order valence-electron chi connectivity index (χ2n) is 4.74. The van der Waals surface area contributed by atoms with Crippen LogP contribution in [0.1, 0.15) is 67.7 Å². The largest absolute Gasteiger partial charge is 0.294 e. The van der Waals surface area contributed by atoms with E-state index in [0.717, 1.165) is 29.9 Å². The number of unbranched alkanes of at least 4 members (excludes halogenated alkanes) is 4. The van der Waals surface area contributed by atoms with E-state index < -0.39 is 0 Å². The Morgan fingerprint density at radius 3 is 2.35 bits per heavy atom. The number of rotatable bonds is 7. The Balaban J connectivity index is 2.55. The third-order valence-electron chi connectivity index (χ3n) is 3.21. The SMILES string of the molecule is CCCCCCCn1nc(C)c(C(C)=O)c1C. The summed E-state index contributed by atoms with van der Waals surface area (Å²) in [6.07, 6.45) is 6.29. The molecule has 0 aliphatic carbocycles. The Morgan fingerprint density at radius 2 is 1.82 bits per heavy atom. The molecule has 0 radical (unpaired) electrons. The van der Waals surface area contributed by atoms with E-state index in [0.29, 0.717) is 0 Å². The van der Waals surface area contributed by atoms with E-state index in [1.165, 1.54) is 25.7 Å². The van der Waals surface area contributed by atoms with Crippen molar-refractivity contribution < 1.29 is 4.79 Å². The zero-order chi connectivity index (χ0) is 12.8. The van der Waals surface area contributed by atoms with Crippen LogP contribution in [-0.4, -0.2) is 15.6 Å². The summed E-state index contributed by atoms with van der Waals surface area (Å²) in [4.78, 5) is 11.5. The molecule has 0 aromatic carbocycles. The van der Waals surface area contributed by atoms with Crippen LogP contribution >= 0.6 is 0 Å². The molecule has 1 aromatic heterocycles. The summed E-state index contributed by atoms with van der Waals surface area (Å²) < 4.78 is 1.98. The number of ketones is 1. The minimum Gasteiger partial charge on any atom is -0.294 e. The third-order valence-corrected chi connectivity index (χ3v) is 3.21. The number of aromatic nitrogens is 2. The average Bonchev–Trinajstić information content (AvgIpc) is 2.53. The Morgan fingerprint density at radius 1 is 1.18 bits per heavy atom. The monoisotopic (exact) mass is 236 g/mol. The summed E-state index contributed by atoms with van der Waals surface area (Å²) in [6, 6.07) is 0. The van der Waals surface area contributed by atoms with Gasteiger partial charge < -0.3 is 0 Å². The molecule has 0 N–H and O–H groups in total. The molecule has 17 heavy (non-hydrogen) atoms. The van der Waals surface area contributed by atoms with Crippen molar-refractivity contribution in [2.45, 2.75) is 66.3 Å². The predicted octanol–water partition coefficient (Wildman–Crippen LogP) is 3.67. The van der Waals surface area contributed by atoms with Crippen LogP contribution < -0.4 is 0 Å². The van der Waals surface area contributed by atoms with Crippen LogP contribution in [0.5, 0.6) is 0 Å². The fourth-order valence-electron chi connectivity index (χ4n) is 2.29. The molecule has 1 aromatic rings. The number of hydrogen-bond donors (Lipinski definition) is 0. The van der Waals surface area contributed by atoms with Crippen LogP contribution in [0, 0.1) is 13.8 Å². The molecule has 0 amide bonds. The summed E-state index contributed by atoms with van der Waals surface area (Å²) in [6.45, 7) is 8.67. The normalized spacial score (nSPS) is 10.8. The summed E-state index contributed by atoms with van der Waals surface area (Å²) in [7, 11) is 0. The lowest BCUT2D eigenvalue weighted by molar-refractivity contribution is 0.101. The molecule has 0 unspecified atom stereocenters. The van der Waals surface area contributed by atoms with E-state index in [4.69, 9.17) is 0 Å². The maximum atomic E-state index is 11.5. The van der Waals surface area contributed by atoms with Gasteiger partial charge in [0.1, 0.15) is 0 Å². The van der Waals surface area contributed by atoms with Gasteiger partial charge in [-0.05, 0) is 27.2 Å². The molecule has 0 saturated carbocycles. The van der Waals surface area contributed by atoms with E-state index >= 15 is 0 Å². The van der Waals surface area contributed by atoms with Gasteiger partial charge in [-0.3, -0.25) is 9.48 Å². The molecule has 96 valence electrons. The minimum atomic E-state index is 0.122. The lowest BCUT2D eigenvalue weighted by Crippen LogP contribution is -2.04. The highest BCUT2D eigenvalue weighted by molar-refractivity contribution is 5.96. The Kier molecular flexibility index (Phi) is 5.39. The van der Waals surface area contributed by atoms with Crippen molar-refractivity contribution in [1.82, 2.24) is 9.78 Å². The zero-order valence-corrected chi connectivity index (χ0v) is 11.5. The summed E-state index contributed by atoms with van der Waals surface area (Å²) in [5.74, 6) is 0.122. The van der Waals surface area contributed by atoms with Crippen molar-refractivity contribution in [2.24, 2.45) is 0 Å². The van der Waals surface area contributed by atoms with Gasteiger partial charge in [0.2, 0.25) is 0 Å². The predicted molar refractivity (Wildman–Crippen MR) is 70.5 cm³/mol.